The lowest BCUT2D eigenvalue weighted by molar-refractivity contribution is 0.0687. The number of fused-ring (bicyclic) bond motifs is 5. The number of hydrogen-bond donors (Lipinski definition) is 1. The smallest absolute Gasteiger partial charge is 0.353 e. The molecule has 0 saturated heterocycles. The van der Waals surface area contributed by atoms with E-state index in [4.69, 9.17) is 4.74 Å². The molecule has 6 aromatic rings. The molecule has 0 aliphatic carbocycles. The van der Waals surface area contributed by atoms with E-state index in [0.717, 1.165) is 67.4 Å². The van der Waals surface area contributed by atoms with Crippen LogP contribution in [0.3, 0.4) is 0 Å². The number of aryl methyl sites for hydroxylation is 1. The zero-order valence-electron chi connectivity index (χ0n) is 18.9. The lowest BCUT2D eigenvalue weighted by atomic mass is 10.0. The van der Waals surface area contributed by atoms with Crippen LogP contribution in [-0.4, -0.2) is 35.6 Å². The first-order chi connectivity index (χ1) is 17.1. The summed E-state index contributed by atoms with van der Waals surface area (Å²) in [6.07, 6.45) is 0.826. The minimum absolute atomic E-state index is 0.284. The van der Waals surface area contributed by atoms with Crippen molar-refractivity contribution in [3.05, 3.63) is 77.5 Å². The number of para-hydroxylation sites is 1. The van der Waals surface area contributed by atoms with Crippen LogP contribution in [0.25, 0.3) is 44.1 Å². The number of aromatic nitrogens is 4. The summed E-state index contributed by atoms with van der Waals surface area (Å²) < 4.78 is 18.4. The van der Waals surface area contributed by atoms with Crippen LogP contribution < -0.4 is 4.74 Å². The van der Waals surface area contributed by atoms with Gasteiger partial charge in [0, 0.05) is 31.0 Å². The minimum atomic E-state index is -0.951. The van der Waals surface area contributed by atoms with Gasteiger partial charge in [-0.15, -0.1) is 0 Å². The van der Waals surface area contributed by atoms with Gasteiger partial charge in [0.15, 0.2) is 0 Å². The van der Waals surface area contributed by atoms with Gasteiger partial charge >= 0.3 is 5.97 Å². The summed E-state index contributed by atoms with van der Waals surface area (Å²) in [6, 6.07) is 20.1. The van der Waals surface area contributed by atoms with E-state index in [9.17, 15) is 9.90 Å². The number of benzene rings is 3. The van der Waals surface area contributed by atoms with Crippen molar-refractivity contribution in [2.24, 2.45) is 7.05 Å². The van der Waals surface area contributed by atoms with E-state index in [1.165, 1.54) is 11.7 Å². The van der Waals surface area contributed by atoms with Gasteiger partial charge in [-0.2, -0.15) is 8.75 Å². The maximum Gasteiger partial charge on any atom is 0.353 e. The molecule has 4 heterocycles. The Morgan fingerprint density at radius 2 is 1.91 bits per heavy atom. The highest BCUT2D eigenvalue weighted by Crippen LogP contribution is 2.42. The number of rotatable bonds is 4. The van der Waals surface area contributed by atoms with Crippen molar-refractivity contribution in [3.8, 4) is 16.9 Å². The van der Waals surface area contributed by atoms with Crippen molar-refractivity contribution in [1.82, 2.24) is 17.9 Å². The number of carboxylic acids is 1. The molecule has 0 saturated carbocycles. The fourth-order valence-electron chi connectivity index (χ4n) is 5.40. The average Bonchev–Trinajstić information content (AvgIpc) is 3.63. The molecule has 0 atom stereocenters. The van der Waals surface area contributed by atoms with Gasteiger partial charge in [0.05, 0.1) is 34.9 Å². The molecule has 1 aliphatic heterocycles. The Balaban J connectivity index is 1.56. The topological polar surface area (TPSA) is 82.2 Å². The molecule has 0 unspecified atom stereocenters. The fraction of sp³-hybridized carbons (Fsp3) is 0.148. The molecule has 35 heavy (non-hydrogen) atoms. The van der Waals surface area contributed by atoms with Crippen LogP contribution in [0.5, 0.6) is 5.75 Å². The number of carbonyl (C=O) groups is 1. The molecule has 0 amide bonds. The van der Waals surface area contributed by atoms with Gasteiger partial charge in [-0.1, -0.05) is 30.3 Å². The first-order valence-electron chi connectivity index (χ1n) is 11.4. The third kappa shape index (κ3) is 2.93. The van der Waals surface area contributed by atoms with Crippen molar-refractivity contribution in [1.29, 1.82) is 0 Å². The van der Waals surface area contributed by atoms with Crippen LogP contribution in [-0.2, 0) is 20.0 Å². The van der Waals surface area contributed by atoms with Gasteiger partial charge in [-0.05, 0) is 47.0 Å². The molecule has 1 N–H and O–H groups in total. The quantitative estimate of drug-likeness (QED) is 0.361. The second-order valence-corrected chi connectivity index (χ2v) is 9.42. The maximum absolute atomic E-state index is 12.9. The highest BCUT2D eigenvalue weighted by molar-refractivity contribution is 7.00. The average molecular weight is 481 g/mol. The van der Waals surface area contributed by atoms with Crippen LogP contribution in [0.15, 0.2) is 60.7 Å². The lowest BCUT2D eigenvalue weighted by Gasteiger charge is -2.11. The van der Waals surface area contributed by atoms with Crippen LogP contribution in [0, 0.1) is 0 Å². The molecule has 172 valence electrons. The highest BCUT2D eigenvalue weighted by Gasteiger charge is 2.29. The van der Waals surface area contributed by atoms with E-state index in [0.29, 0.717) is 13.2 Å². The van der Waals surface area contributed by atoms with Crippen LogP contribution in [0.4, 0.5) is 0 Å². The summed E-state index contributed by atoms with van der Waals surface area (Å²) in [4.78, 5) is 12.9. The van der Waals surface area contributed by atoms with E-state index in [-0.39, 0.29) is 5.69 Å². The molecule has 7 rings (SSSR count). The van der Waals surface area contributed by atoms with Gasteiger partial charge in [0.2, 0.25) is 0 Å². The van der Waals surface area contributed by atoms with Crippen molar-refractivity contribution < 1.29 is 14.6 Å². The van der Waals surface area contributed by atoms with E-state index in [1.807, 2.05) is 54.1 Å². The molecule has 0 fully saturated rings. The SMILES string of the molecule is Cn1c2ccccc2c2c1c(-c1ccc3c(c1)CCO3)c(C(=O)O)n2Cc1ccc2nsnc2c1. The van der Waals surface area contributed by atoms with Gasteiger partial charge in [0.1, 0.15) is 22.5 Å². The Kier molecular flexibility index (Phi) is 4.28. The molecule has 8 heteroatoms. The summed E-state index contributed by atoms with van der Waals surface area (Å²) in [7, 11) is 2.01. The second kappa shape index (κ2) is 7.41. The standard InChI is InChI=1S/C27H20N4O3S/c1-30-21-5-3-2-4-18(21)24-25(30)23(17-7-9-22-16(13-17)10-11-34-22)26(27(32)33)31(24)14-15-6-8-19-20(12-15)29-35-28-19/h2-9,12-13H,10-11,14H2,1H3,(H,32,33). The Bertz CT molecular complexity index is 1810. The number of aromatic carboxylic acids is 1. The van der Waals surface area contributed by atoms with E-state index >= 15 is 0 Å². The Morgan fingerprint density at radius 1 is 1.06 bits per heavy atom. The minimum Gasteiger partial charge on any atom is -0.493 e. The number of nitrogens with zero attached hydrogens (tertiary/aromatic N) is 4. The first-order valence-corrected chi connectivity index (χ1v) is 12.1. The predicted octanol–water partition coefficient (Wildman–Crippen LogP) is 5.49. The summed E-state index contributed by atoms with van der Waals surface area (Å²) in [5.74, 6) is -0.0723. The fourth-order valence-corrected chi connectivity index (χ4v) is 5.91. The summed E-state index contributed by atoms with van der Waals surface area (Å²) >= 11 is 1.18. The maximum atomic E-state index is 12.9. The van der Waals surface area contributed by atoms with Crippen molar-refractivity contribution in [3.63, 3.8) is 0 Å². The summed E-state index contributed by atoms with van der Waals surface area (Å²) in [5, 5.41) is 11.6. The Labute approximate surface area is 204 Å². The van der Waals surface area contributed by atoms with E-state index in [1.54, 1.807) is 0 Å². The molecule has 0 spiro atoms. The molecule has 7 nitrogen and oxygen atoms in total. The monoisotopic (exact) mass is 480 g/mol. The molecule has 0 radical (unpaired) electrons. The zero-order valence-corrected chi connectivity index (χ0v) is 19.7. The van der Waals surface area contributed by atoms with E-state index < -0.39 is 5.97 Å². The second-order valence-electron chi connectivity index (χ2n) is 8.90. The van der Waals surface area contributed by atoms with Crippen LogP contribution in [0.2, 0.25) is 0 Å². The van der Waals surface area contributed by atoms with Crippen LogP contribution >= 0.6 is 11.7 Å². The third-order valence-electron chi connectivity index (χ3n) is 6.93. The van der Waals surface area contributed by atoms with Gasteiger partial charge in [0.25, 0.3) is 0 Å². The van der Waals surface area contributed by atoms with Gasteiger partial charge < -0.3 is 19.0 Å². The molecule has 3 aromatic carbocycles. The van der Waals surface area contributed by atoms with Crippen LogP contribution in [0.1, 0.15) is 21.6 Å². The van der Waals surface area contributed by atoms with Crippen molar-refractivity contribution in [2.45, 2.75) is 13.0 Å². The largest absolute Gasteiger partial charge is 0.493 e. The highest BCUT2D eigenvalue weighted by atomic mass is 32.1. The Morgan fingerprint density at radius 3 is 2.80 bits per heavy atom. The third-order valence-corrected chi connectivity index (χ3v) is 7.49. The summed E-state index contributed by atoms with van der Waals surface area (Å²) in [5.41, 5.74) is 8.57. The molecular weight excluding hydrogens is 460 g/mol. The molecule has 0 bridgehead atoms. The molecule has 3 aromatic heterocycles. The van der Waals surface area contributed by atoms with Gasteiger partial charge in [-0.25, -0.2) is 4.79 Å². The number of ether oxygens (including phenoxy) is 1. The van der Waals surface area contributed by atoms with E-state index in [2.05, 4.69) is 31.5 Å². The Hall–Kier alpha value is -4.17. The van der Waals surface area contributed by atoms with Crippen molar-refractivity contribution in [2.75, 3.05) is 6.61 Å². The number of hydrogen-bond acceptors (Lipinski definition) is 5. The predicted molar refractivity (Wildman–Crippen MR) is 137 cm³/mol. The molecule has 1 aliphatic rings. The zero-order chi connectivity index (χ0) is 23.7. The molecular formula is C27H20N4O3S. The first kappa shape index (κ1) is 20.2. The van der Waals surface area contributed by atoms with Gasteiger partial charge in [-0.3, -0.25) is 0 Å². The van der Waals surface area contributed by atoms with Crippen molar-refractivity contribution >= 4 is 50.7 Å². The number of carboxylic acid groups (broad SMARTS) is 1. The summed E-state index contributed by atoms with van der Waals surface area (Å²) in [6.45, 7) is 1.07. The lowest BCUT2D eigenvalue weighted by Crippen LogP contribution is -2.11. The normalized spacial score (nSPS) is 13.1.